The van der Waals surface area contributed by atoms with E-state index in [1.807, 2.05) is 38.1 Å². The Balaban J connectivity index is 2.10. The summed E-state index contributed by atoms with van der Waals surface area (Å²) in [5.41, 5.74) is 3.42. The van der Waals surface area contributed by atoms with Gasteiger partial charge in [-0.15, -0.1) is 11.8 Å². The number of amides is 2. The van der Waals surface area contributed by atoms with Crippen molar-refractivity contribution in [2.24, 2.45) is 0 Å². The first-order valence-electron chi connectivity index (χ1n) is 9.71. The predicted octanol–water partition coefficient (Wildman–Crippen LogP) is 4.34. The van der Waals surface area contributed by atoms with Crippen molar-refractivity contribution in [3.8, 4) is 0 Å². The third-order valence-corrected chi connectivity index (χ3v) is 5.85. The summed E-state index contributed by atoms with van der Waals surface area (Å²) < 4.78 is 0. The number of hydrogen-bond acceptors (Lipinski definition) is 3. The summed E-state index contributed by atoms with van der Waals surface area (Å²) in [7, 11) is 1.62. The SMILES string of the molecule is CCC(C(=O)NC)N(Cc1ccccc1C)C(=O)CCSc1ccc(C)cc1. The highest BCUT2D eigenvalue weighted by molar-refractivity contribution is 7.99. The minimum absolute atomic E-state index is 0.0123. The molecule has 2 aromatic rings. The van der Waals surface area contributed by atoms with Crippen LogP contribution in [0.15, 0.2) is 53.4 Å². The first-order valence-corrected chi connectivity index (χ1v) is 10.7. The average Bonchev–Trinajstić information content (AvgIpc) is 2.70. The molecule has 2 amide bonds. The van der Waals surface area contributed by atoms with Gasteiger partial charge in [0.15, 0.2) is 0 Å². The van der Waals surface area contributed by atoms with Gasteiger partial charge in [0.25, 0.3) is 0 Å². The van der Waals surface area contributed by atoms with Gasteiger partial charge in [-0.2, -0.15) is 0 Å². The van der Waals surface area contributed by atoms with Crippen LogP contribution in [0.3, 0.4) is 0 Å². The molecule has 0 saturated carbocycles. The molecule has 2 rings (SSSR count). The summed E-state index contributed by atoms with van der Waals surface area (Å²) in [6.07, 6.45) is 0.986. The zero-order valence-electron chi connectivity index (χ0n) is 17.2. The van der Waals surface area contributed by atoms with Crippen LogP contribution >= 0.6 is 11.8 Å². The Morgan fingerprint density at radius 3 is 2.36 bits per heavy atom. The zero-order valence-corrected chi connectivity index (χ0v) is 18.0. The summed E-state index contributed by atoms with van der Waals surface area (Å²) in [6.45, 7) is 6.49. The Hall–Kier alpha value is -2.27. The van der Waals surface area contributed by atoms with E-state index in [0.717, 1.165) is 16.0 Å². The van der Waals surface area contributed by atoms with Gasteiger partial charge in [0, 0.05) is 30.7 Å². The summed E-state index contributed by atoms with van der Waals surface area (Å²) in [6, 6.07) is 15.9. The molecule has 2 aromatic carbocycles. The van der Waals surface area contributed by atoms with E-state index in [9.17, 15) is 9.59 Å². The highest BCUT2D eigenvalue weighted by Gasteiger charge is 2.27. The topological polar surface area (TPSA) is 49.4 Å². The van der Waals surface area contributed by atoms with Gasteiger partial charge in [0.2, 0.25) is 11.8 Å². The number of carbonyl (C=O) groups is 2. The molecule has 28 heavy (non-hydrogen) atoms. The second-order valence-corrected chi connectivity index (χ2v) is 8.07. The van der Waals surface area contributed by atoms with E-state index in [1.54, 1.807) is 23.7 Å². The van der Waals surface area contributed by atoms with Crippen molar-refractivity contribution in [3.05, 3.63) is 65.2 Å². The molecule has 0 bridgehead atoms. The molecule has 0 aromatic heterocycles. The number of nitrogens with zero attached hydrogens (tertiary/aromatic N) is 1. The molecule has 0 radical (unpaired) electrons. The summed E-state index contributed by atoms with van der Waals surface area (Å²) in [5.74, 6) is 0.588. The number of hydrogen-bond donors (Lipinski definition) is 1. The van der Waals surface area contributed by atoms with Crippen LogP contribution in [-0.4, -0.2) is 35.6 Å². The second-order valence-electron chi connectivity index (χ2n) is 6.90. The van der Waals surface area contributed by atoms with Gasteiger partial charge in [-0.3, -0.25) is 9.59 Å². The Kier molecular flexibility index (Phi) is 8.58. The molecule has 0 saturated heterocycles. The van der Waals surface area contributed by atoms with Gasteiger partial charge in [-0.1, -0.05) is 48.9 Å². The van der Waals surface area contributed by atoms with Crippen LogP contribution in [0.1, 0.15) is 36.5 Å². The molecule has 0 aliphatic rings. The Labute approximate surface area is 172 Å². The highest BCUT2D eigenvalue weighted by atomic mass is 32.2. The molecule has 1 atom stereocenters. The zero-order chi connectivity index (χ0) is 20.5. The van der Waals surface area contributed by atoms with Gasteiger partial charge < -0.3 is 10.2 Å². The van der Waals surface area contributed by atoms with Gasteiger partial charge >= 0.3 is 0 Å². The molecule has 1 unspecified atom stereocenters. The van der Waals surface area contributed by atoms with E-state index in [4.69, 9.17) is 0 Å². The monoisotopic (exact) mass is 398 g/mol. The van der Waals surface area contributed by atoms with Crippen molar-refractivity contribution in [3.63, 3.8) is 0 Å². The first-order chi connectivity index (χ1) is 13.5. The van der Waals surface area contributed by atoms with E-state index in [1.165, 1.54) is 5.56 Å². The van der Waals surface area contributed by atoms with Gasteiger partial charge in [-0.05, 0) is 43.5 Å². The van der Waals surface area contributed by atoms with Crippen molar-refractivity contribution in [1.82, 2.24) is 10.2 Å². The molecule has 0 spiro atoms. The fourth-order valence-corrected chi connectivity index (χ4v) is 3.93. The normalized spacial score (nSPS) is 11.7. The molecule has 0 fully saturated rings. The largest absolute Gasteiger partial charge is 0.357 e. The summed E-state index contributed by atoms with van der Waals surface area (Å²) in [5, 5.41) is 2.70. The smallest absolute Gasteiger partial charge is 0.242 e. The standard InChI is InChI=1S/C23H30N2O2S/c1-5-21(23(27)24-4)25(16-19-9-7-6-8-18(19)3)22(26)14-15-28-20-12-10-17(2)11-13-20/h6-13,21H,5,14-16H2,1-4H3,(H,24,27). The molecule has 150 valence electrons. The van der Waals surface area contributed by atoms with Crippen LogP contribution in [0.25, 0.3) is 0 Å². The van der Waals surface area contributed by atoms with E-state index in [0.29, 0.717) is 25.1 Å². The number of benzene rings is 2. The molecule has 5 heteroatoms. The van der Waals surface area contributed by atoms with Crippen molar-refractivity contribution >= 4 is 23.6 Å². The van der Waals surface area contributed by atoms with Crippen LogP contribution in [0, 0.1) is 13.8 Å². The minimum Gasteiger partial charge on any atom is -0.357 e. The van der Waals surface area contributed by atoms with Crippen LogP contribution in [-0.2, 0) is 16.1 Å². The minimum atomic E-state index is -0.457. The number of carbonyl (C=O) groups excluding carboxylic acids is 2. The van der Waals surface area contributed by atoms with E-state index >= 15 is 0 Å². The molecule has 1 N–H and O–H groups in total. The maximum absolute atomic E-state index is 13.1. The van der Waals surface area contributed by atoms with Crippen LogP contribution in [0.2, 0.25) is 0 Å². The second kappa shape index (κ2) is 10.9. The van der Waals surface area contributed by atoms with Gasteiger partial charge in [-0.25, -0.2) is 0 Å². The first kappa shape index (κ1) is 22.0. The maximum atomic E-state index is 13.1. The van der Waals surface area contributed by atoms with Gasteiger partial charge in [0.1, 0.15) is 6.04 Å². The van der Waals surface area contributed by atoms with Crippen molar-refractivity contribution in [1.29, 1.82) is 0 Å². The highest BCUT2D eigenvalue weighted by Crippen LogP contribution is 2.21. The average molecular weight is 399 g/mol. The van der Waals surface area contributed by atoms with Gasteiger partial charge in [0.05, 0.1) is 0 Å². The molecular formula is C23H30N2O2S. The van der Waals surface area contributed by atoms with Crippen LogP contribution < -0.4 is 5.32 Å². The third-order valence-electron chi connectivity index (χ3n) is 4.84. The predicted molar refractivity (Wildman–Crippen MR) is 116 cm³/mol. The van der Waals surface area contributed by atoms with Crippen LogP contribution in [0.5, 0.6) is 0 Å². The lowest BCUT2D eigenvalue weighted by Gasteiger charge is -2.30. The fraction of sp³-hybridized carbons (Fsp3) is 0.391. The lowest BCUT2D eigenvalue weighted by Crippen LogP contribution is -2.48. The molecule has 0 aliphatic heterocycles. The quantitative estimate of drug-likeness (QED) is 0.639. The lowest BCUT2D eigenvalue weighted by molar-refractivity contribution is -0.140. The third kappa shape index (κ3) is 6.13. The maximum Gasteiger partial charge on any atom is 0.242 e. The molecule has 0 aliphatic carbocycles. The molecular weight excluding hydrogens is 368 g/mol. The number of aryl methyl sites for hydroxylation is 2. The van der Waals surface area contributed by atoms with Crippen molar-refractivity contribution in [2.75, 3.05) is 12.8 Å². The Morgan fingerprint density at radius 2 is 1.75 bits per heavy atom. The van der Waals surface area contributed by atoms with E-state index in [-0.39, 0.29) is 11.8 Å². The van der Waals surface area contributed by atoms with E-state index < -0.39 is 6.04 Å². The Morgan fingerprint density at radius 1 is 1.07 bits per heavy atom. The number of rotatable bonds is 9. The molecule has 0 heterocycles. The fourth-order valence-electron chi connectivity index (χ4n) is 3.09. The number of likely N-dealkylation sites (N-methyl/N-ethyl adjacent to an activating group) is 1. The number of nitrogens with one attached hydrogen (secondary N) is 1. The molecule has 4 nitrogen and oxygen atoms in total. The lowest BCUT2D eigenvalue weighted by atomic mass is 10.1. The van der Waals surface area contributed by atoms with Crippen molar-refractivity contribution < 1.29 is 9.59 Å². The Bertz CT molecular complexity index is 789. The van der Waals surface area contributed by atoms with Crippen LogP contribution in [0.4, 0.5) is 0 Å². The number of thioether (sulfide) groups is 1. The summed E-state index contributed by atoms with van der Waals surface area (Å²) in [4.78, 5) is 28.3. The van der Waals surface area contributed by atoms with E-state index in [2.05, 4.69) is 36.5 Å². The van der Waals surface area contributed by atoms with Crippen molar-refractivity contribution in [2.45, 2.75) is 51.1 Å². The summed E-state index contributed by atoms with van der Waals surface area (Å²) >= 11 is 1.67.